The average Bonchev–Trinajstić information content (AvgIpc) is 2.53. The quantitative estimate of drug-likeness (QED) is 0.495. The summed E-state index contributed by atoms with van der Waals surface area (Å²) in [6.07, 6.45) is 1.17. The minimum Gasteiger partial charge on any atom is -1.00 e. The second-order valence-electron chi connectivity index (χ2n) is 5.45. The summed E-state index contributed by atoms with van der Waals surface area (Å²) < 4.78 is 0.974. The SMILES string of the molecule is C[N+]1(CCO)CCCN(c2ccc(N)cc2)CC1.[Cl-]. The number of rotatable bonds is 3. The predicted molar refractivity (Wildman–Crippen MR) is 75.6 cm³/mol. The van der Waals surface area contributed by atoms with E-state index in [4.69, 9.17) is 10.8 Å². The molecule has 0 radical (unpaired) electrons. The highest BCUT2D eigenvalue weighted by Crippen LogP contribution is 2.19. The van der Waals surface area contributed by atoms with E-state index in [0.717, 1.165) is 42.9 Å². The van der Waals surface area contributed by atoms with Crippen LogP contribution < -0.4 is 23.0 Å². The van der Waals surface area contributed by atoms with Crippen LogP contribution in [-0.2, 0) is 0 Å². The molecule has 0 aromatic heterocycles. The van der Waals surface area contributed by atoms with E-state index in [1.165, 1.54) is 12.1 Å². The van der Waals surface area contributed by atoms with Gasteiger partial charge in [-0.25, -0.2) is 0 Å². The summed E-state index contributed by atoms with van der Waals surface area (Å²) in [6.45, 7) is 5.49. The van der Waals surface area contributed by atoms with Crippen molar-refractivity contribution >= 4 is 11.4 Å². The van der Waals surface area contributed by atoms with Gasteiger partial charge < -0.3 is 32.6 Å². The van der Waals surface area contributed by atoms with Gasteiger partial charge in [0.05, 0.1) is 33.3 Å². The molecule has 2 rings (SSSR count). The van der Waals surface area contributed by atoms with Gasteiger partial charge in [0.2, 0.25) is 0 Å². The third kappa shape index (κ3) is 4.27. The first kappa shape index (κ1) is 16.1. The fraction of sp³-hybridized carbons (Fsp3) is 0.571. The highest BCUT2D eigenvalue weighted by Gasteiger charge is 2.25. The molecule has 1 aromatic rings. The molecular weight excluding hydrogens is 262 g/mol. The lowest BCUT2D eigenvalue weighted by Crippen LogP contribution is -3.00. The number of likely N-dealkylation sites (N-methyl/N-ethyl adjacent to an activating group) is 1. The molecule has 0 amide bonds. The number of aliphatic hydroxyl groups is 1. The minimum atomic E-state index is 0. The lowest BCUT2D eigenvalue weighted by Gasteiger charge is -2.32. The van der Waals surface area contributed by atoms with Gasteiger partial charge in [-0.05, 0) is 24.3 Å². The van der Waals surface area contributed by atoms with Crippen LogP contribution in [-0.4, -0.2) is 56.0 Å². The van der Waals surface area contributed by atoms with Crippen LogP contribution in [0.5, 0.6) is 0 Å². The lowest BCUT2D eigenvalue weighted by molar-refractivity contribution is -0.907. The summed E-state index contributed by atoms with van der Waals surface area (Å²) in [5.74, 6) is 0. The molecule has 19 heavy (non-hydrogen) atoms. The number of anilines is 2. The Morgan fingerprint density at radius 1 is 1.21 bits per heavy atom. The van der Waals surface area contributed by atoms with E-state index in [1.807, 2.05) is 12.1 Å². The maximum absolute atomic E-state index is 9.15. The van der Waals surface area contributed by atoms with Crippen LogP contribution in [0.2, 0.25) is 0 Å². The Balaban J connectivity index is 0.00000180. The fourth-order valence-electron chi connectivity index (χ4n) is 2.64. The normalized spacial score (nSPS) is 23.6. The van der Waals surface area contributed by atoms with Gasteiger partial charge in [-0.1, -0.05) is 0 Å². The Kier molecular flexibility index (Phi) is 5.91. The molecule has 108 valence electrons. The van der Waals surface area contributed by atoms with E-state index < -0.39 is 0 Å². The first-order valence-corrected chi connectivity index (χ1v) is 6.68. The van der Waals surface area contributed by atoms with E-state index in [9.17, 15) is 0 Å². The Labute approximate surface area is 121 Å². The van der Waals surface area contributed by atoms with Crippen LogP contribution in [0.4, 0.5) is 11.4 Å². The van der Waals surface area contributed by atoms with Gasteiger partial charge in [0, 0.05) is 24.3 Å². The second-order valence-corrected chi connectivity index (χ2v) is 5.45. The molecule has 4 nitrogen and oxygen atoms in total. The highest BCUT2D eigenvalue weighted by atomic mass is 35.5. The van der Waals surface area contributed by atoms with Crippen molar-refractivity contribution in [1.29, 1.82) is 0 Å². The summed E-state index contributed by atoms with van der Waals surface area (Å²) in [5, 5.41) is 9.15. The summed E-state index contributed by atoms with van der Waals surface area (Å²) in [4.78, 5) is 2.42. The Morgan fingerprint density at radius 2 is 1.89 bits per heavy atom. The third-order valence-corrected chi connectivity index (χ3v) is 3.93. The molecule has 1 aromatic carbocycles. The van der Waals surface area contributed by atoms with Crippen molar-refractivity contribution in [2.75, 3.05) is 57.0 Å². The molecule has 1 fully saturated rings. The van der Waals surface area contributed by atoms with Crippen LogP contribution in [0.25, 0.3) is 0 Å². The van der Waals surface area contributed by atoms with Crippen molar-refractivity contribution in [2.24, 2.45) is 0 Å². The summed E-state index contributed by atoms with van der Waals surface area (Å²) >= 11 is 0. The smallest absolute Gasteiger partial charge is 0.102 e. The molecule has 1 aliphatic rings. The standard InChI is InChI=1S/C14H24N3O.ClH/c1-17(11-12-18)9-2-7-16(8-10-17)14-5-3-13(15)4-6-14;/h3-6,18H,2,7-12,15H2,1H3;1H/q+1;/p-1. The number of quaternary nitrogens is 1. The van der Waals surface area contributed by atoms with Crippen LogP contribution >= 0.6 is 0 Å². The number of benzene rings is 1. The lowest BCUT2D eigenvalue weighted by atomic mass is 10.2. The van der Waals surface area contributed by atoms with E-state index >= 15 is 0 Å². The van der Waals surface area contributed by atoms with Crippen LogP contribution in [0.15, 0.2) is 24.3 Å². The number of hydrogen-bond acceptors (Lipinski definition) is 3. The molecule has 1 heterocycles. The van der Waals surface area contributed by atoms with E-state index in [0.29, 0.717) is 0 Å². The van der Waals surface area contributed by atoms with E-state index in [1.54, 1.807) is 0 Å². The number of hydrogen-bond donors (Lipinski definition) is 2. The molecule has 0 bridgehead atoms. The Morgan fingerprint density at radius 3 is 2.53 bits per heavy atom. The number of aliphatic hydroxyl groups excluding tert-OH is 1. The molecule has 5 heteroatoms. The zero-order valence-electron chi connectivity index (χ0n) is 11.6. The predicted octanol–water partition coefficient (Wildman–Crippen LogP) is -2.08. The Hall–Kier alpha value is -0.970. The molecule has 1 unspecified atom stereocenters. The topological polar surface area (TPSA) is 49.5 Å². The fourth-order valence-corrected chi connectivity index (χ4v) is 2.64. The molecule has 0 aliphatic carbocycles. The summed E-state index contributed by atoms with van der Waals surface area (Å²) in [6, 6.07) is 8.11. The molecule has 1 atom stereocenters. The maximum atomic E-state index is 9.15. The molecule has 1 aliphatic heterocycles. The minimum absolute atomic E-state index is 0. The first-order chi connectivity index (χ1) is 8.63. The summed E-state index contributed by atoms with van der Waals surface area (Å²) in [5.41, 5.74) is 7.79. The Bertz CT molecular complexity index is 385. The molecular formula is C14H24ClN3O. The molecule has 0 saturated carbocycles. The second kappa shape index (κ2) is 6.98. The highest BCUT2D eigenvalue weighted by molar-refractivity contribution is 5.53. The van der Waals surface area contributed by atoms with Crippen LogP contribution in [0.1, 0.15) is 6.42 Å². The van der Waals surface area contributed by atoms with Gasteiger partial charge in [0.1, 0.15) is 6.54 Å². The zero-order valence-corrected chi connectivity index (χ0v) is 12.3. The molecule has 3 N–H and O–H groups in total. The molecule has 0 spiro atoms. The van der Waals surface area contributed by atoms with Crippen LogP contribution in [0.3, 0.4) is 0 Å². The third-order valence-electron chi connectivity index (χ3n) is 3.93. The van der Waals surface area contributed by atoms with Crippen molar-refractivity contribution in [3.8, 4) is 0 Å². The van der Waals surface area contributed by atoms with Gasteiger partial charge in [0.15, 0.2) is 0 Å². The van der Waals surface area contributed by atoms with Gasteiger partial charge in [-0.3, -0.25) is 0 Å². The monoisotopic (exact) mass is 285 g/mol. The number of nitrogens with zero attached hydrogens (tertiary/aromatic N) is 2. The number of nitrogen functional groups attached to an aromatic ring is 1. The van der Waals surface area contributed by atoms with Gasteiger partial charge in [-0.15, -0.1) is 0 Å². The van der Waals surface area contributed by atoms with E-state index in [-0.39, 0.29) is 19.0 Å². The number of nitrogens with two attached hydrogens (primary N) is 1. The van der Waals surface area contributed by atoms with Crippen molar-refractivity contribution in [3.05, 3.63) is 24.3 Å². The number of halogens is 1. The van der Waals surface area contributed by atoms with Crippen LogP contribution in [0, 0.1) is 0 Å². The van der Waals surface area contributed by atoms with Gasteiger partial charge in [0.25, 0.3) is 0 Å². The first-order valence-electron chi connectivity index (χ1n) is 6.68. The zero-order chi connectivity index (χ0) is 13.0. The maximum Gasteiger partial charge on any atom is 0.102 e. The van der Waals surface area contributed by atoms with Gasteiger partial charge >= 0.3 is 0 Å². The van der Waals surface area contributed by atoms with Crippen molar-refractivity contribution in [2.45, 2.75) is 6.42 Å². The summed E-state index contributed by atoms with van der Waals surface area (Å²) in [7, 11) is 2.24. The van der Waals surface area contributed by atoms with Crippen molar-refractivity contribution in [3.63, 3.8) is 0 Å². The molecule has 1 saturated heterocycles. The van der Waals surface area contributed by atoms with Crippen molar-refractivity contribution < 1.29 is 22.0 Å². The van der Waals surface area contributed by atoms with Gasteiger partial charge in [-0.2, -0.15) is 0 Å². The van der Waals surface area contributed by atoms with Crippen molar-refractivity contribution in [1.82, 2.24) is 0 Å². The average molecular weight is 286 g/mol. The van der Waals surface area contributed by atoms with E-state index in [2.05, 4.69) is 24.1 Å². The largest absolute Gasteiger partial charge is 1.00 e.